The average Bonchev–Trinajstić information content (AvgIpc) is 3.57. The SMILES string of the molecule is CC(C)C[C@H](N)C(=O)O.CSCC[C@H](N)C(=O)O.NCCCC[C@H](N)C(=O)O.N[C@@H](Cc1ccccc1)C(=O)O.O=C(O)[C@@H]1CCCN1. The van der Waals surface area contributed by atoms with Gasteiger partial charge >= 0.3 is 29.8 Å². The number of thioether (sulfide) groups is 1. The molecule has 0 amide bonds. The number of carbonyl (C=O) groups is 5. The minimum Gasteiger partial charge on any atom is -0.480 e. The fourth-order valence-corrected chi connectivity index (χ4v) is 3.95. The predicted octanol–water partition coefficient (Wildman–Crippen LogP) is 0.587. The molecule has 17 heteroatoms. The summed E-state index contributed by atoms with van der Waals surface area (Å²) in [7, 11) is 0. The van der Waals surface area contributed by atoms with Crippen LogP contribution in [0.25, 0.3) is 0 Å². The van der Waals surface area contributed by atoms with Gasteiger partial charge in [0.15, 0.2) is 0 Å². The normalized spacial score (nSPS) is 15.6. The van der Waals surface area contributed by atoms with Gasteiger partial charge in [-0.05, 0) is 81.5 Å². The van der Waals surface area contributed by atoms with Crippen LogP contribution in [-0.4, -0.2) is 111 Å². The predicted molar refractivity (Wildman–Crippen MR) is 187 cm³/mol. The van der Waals surface area contributed by atoms with E-state index in [1.54, 1.807) is 11.8 Å². The number of nitrogens with two attached hydrogens (primary N) is 5. The summed E-state index contributed by atoms with van der Waals surface area (Å²) in [6.07, 6.45) is 7.36. The molecular weight excluding hydrogens is 648 g/mol. The maximum atomic E-state index is 10.4. The van der Waals surface area contributed by atoms with E-state index in [-0.39, 0.29) is 6.04 Å². The van der Waals surface area contributed by atoms with E-state index in [1.165, 1.54) is 0 Å². The molecule has 278 valence electrons. The van der Waals surface area contributed by atoms with Crippen LogP contribution in [0.15, 0.2) is 30.3 Å². The van der Waals surface area contributed by atoms with Crippen LogP contribution in [0.4, 0.5) is 0 Å². The first kappa shape index (κ1) is 49.1. The molecule has 0 spiro atoms. The zero-order valence-corrected chi connectivity index (χ0v) is 29.0. The number of hydrogen-bond donors (Lipinski definition) is 11. The molecule has 1 fully saturated rings. The van der Waals surface area contributed by atoms with E-state index in [4.69, 9.17) is 54.2 Å². The first-order chi connectivity index (χ1) is 22.4. The zero-order valence-electron chi connectivity index (χ0n) is 28.2. The maximum Gasteiger partial charge on any atom is 0.320 e. The van der Waals surface area contributed by atoms with Crippen molar-refractivity contribution in [1.82, 2.24) is 5.32 Å². The van der Waals surface area contributed by atoms with Crippen molar-refractivity contribution in [3.63, 3.8) is 0 Å². The van der Waals surface area contributed by atoms with Crippen LogP contribution in [-0.2, 0) is 30.4 Å². The van der Waals surface area contributed by atoms with E-state index in [2.05, 4.69) is 5.32 Å². The van der Waals surface area contributed by atoms with Gasteiger partial charge in [-0.2, -0.15) is 11.8 Å². The lowest BCUT2D eigenvalue weighted by Crippen LogP contribution is -2.32. The topological polar surface area (TPSA) is 329 Å². The Labute approximate surface area is 287 Å². The summed E-state index contributed by atoms with van der Waals surface area (Å²) in [5.41, 5.74) is 27.1. The Morgan fingerprint density at radius 3 is 1.62 bits per heavy atom. The van der Waals surface area contributed by atoms with E-state index < -0.39 is 54.0 Å². The highest BCUT2D eigenvalue weighted by Gasteiger charge is 2.20. The summed E-state index contributed by atoms with van der Waals surface area (Å²) in [4.78, 5) is 50.8. The third kappa shape index (κ3) is 31.3. The molecule has 1 aliphatic rings. The Hall–Kier alpha value is -3.32. The molecule has 16 nitrogen and oxygen atoms in total. The van der Waals surface area contributed by atoms with Crippen molar-refractivity contribution in [3.05, 3.63) is 35.9 Å². The van der Waals surface area contributed by atoms with E-state index in [1.807, 2.05) is 50.4 Å². The summed E-state index contributed by atoms with van der Waals surface area (Å²) >= 11 is 1.60. The standard InChI is InChI=1S/C9H11NO2.C6H14N2O2.C6H13NO2.C5H11NO2S.C5H9NO2/c10-8(9(11)12)6-7-4-2-1-3-5-7;7-4-2-1-3-5(8)6(9)10;1-4(2)3-5(7)6(8)9;1-9-3-2-4(6)5(7)8;7-5(8)4-2-1-3-6-4/h1-5,8H,6,10H2,(H,11,12);5H,1-4,7-8H2,(H,9,10);4-5H,3,7H2,1-2H3,(H,8,9);4H,2-3,6H2,1H3,(H,7,8);4,6H,1-3H2,(H,7,8)/t8-;2*5-;2*4-/m00000/s1. The van der Waals surface area contributed by atoms with Gasteiger partial charge in [0.25, 0.3) is 0 Å². The summed E-state index contributed by atoms with van der Waals surface area (Å²) in [5.74, 6) is -3.27. The average molecular weight is 707 g/mol. The molecule has 0 radical (unpaired) electrons. The van der Waals surface area contributed by atoms with Crippen LogP contribution >= 0.6 is 11.8 Å². The van der Waals surface area contributed by atoms with E-state index in [9.17, 15) is 24.0 Å². The Morgan fingerprint density at radius 2 is 1.29 bits per heavy atom. The number of rotatable bonds is 16. The van der Waals surface area contributed by atoms with Crippen molar-refractivity contribution in [2.24, 2.45) is 34.6 Å². The molecule has 1 aromatic rings. The molecule has 1 aliphatic heterocycles. The molecule has 2 rings (SSSR count). The molecule has 1 aromatic carbocycles. The molecule has 0 aliphatic carbocycles. The molecule has 1 heterocycles. The number of benzene rings is 1. The fraction of sp³-hybridized carbons (Fsp3) is 0.645. The van der Waals surface area contributed by atoms with Gasteiger partial charge in [0.1, 0.15) is 30.2 Å². The minimum absolute atomic E-state index is 0.269. The number of hydrogen-bond acceptors (Lipinski definition) is 12. The van der Waals surface area contributed by atoms with Crippen molar-refractivity contribution in [1.29, 1.82) is 0 Å². The summed E-state index contributed by atoms with van der Waals surface area (Å²) in [6, 6.07) is 6.19. The number of carboxylic acid groups (broad SMARTS) is 5. The van der Waals surface area contributed by atoms with Crippen molar-refractivity contribution in [3.8, 4) is 0 Å². The molecule has 0 saturated carbocycles. The molecule has 48 heavy (non-hydrogen) atoms. The number of nitrogens with one attached hydrogen (secondary N) is 1. The third-order valence-electron chi connectivity index (χ3n) is 6.25. The zero-order chi connectivity index (χ0) is 37.7. The van der Waals surface area contributed by atoms with Gasteiger partial charge in [0.05, 0.1) is 0 Å². The second-order valence-corrected chi connectivity index (χ2v) is 12.1. The van der Waals surface area contributed by atoms with E-state index >= 15 is 0 Å². The highest BCUT2D eigenvalue weighted by atomic mass is 32.2. The van der Waals surface area contributed by atoms with Gasteiger partial charge in [-0.25, -0.2) is 0 Å². The lowest BCUT2D eigenvalue weighted by molar-refractivity contribution is -0.139. The van der Waals surface area contributed by atoms with Gasteiger partial charge in [-0.3, -0.25) is 24.0 Å². The Balaban J connectivity index is -0.000000531. The second-order valence-electron chi connectivity index (χ2n) is 11.2. The Morgan fingerprint density at radius 1 is 0.792 bits per heavy atom. The number of aliphatic carboxylic acids is 5. The van der Waals surface area contributed by atoms with Gasteiger partial charge in [0, 0.05) is 0 Å². The van der Waals surface area contributed by atoms with Crippen LogP contribution in [0.1, 0.15) is 64.4 Å². The van der Waals surface area contributed by atoms with Crippen LogP contribution in [0.2, 0.25) is 0 Å². The van der Waals surface area contributed by atoms with Crippen LogP contribution in [0.5, 0.6) is 0 Å². The second kappa shape index (κ2) is 31.0. The number of unbranched alkanes of at least 4 members (excludes halogenated alkanes) is 1. The van der Waals surface area contributed by atoms with Gasteiger partial charge < -0.3 is 59.5 Å². The van der Waals surface area contributed by atoms with Gasteiger partial charge in [-0.1, -0.05) is 50.6 Å². The van der Waals surface area contributed by atoms with E-state index in [0.29, 0.717) is 38.1 Å². The van der Waals surface area contributed by atoms with Crippen LogP contribution < -0.4 is 34.0 Å². The van der Waals surface area contributed by atoms with Crippen molar-refractivity contribution < 1.29 is 49.5 Å². The van der Waals surface area contributed by atoms with Crippen LogP contribution in [0.3, 0.4) is 0 Å². The third-order valence-corrected chi connectivity index (χ3v) is 6.90. The van der Waals surface area contributed by atoms with E-state index in [0.717, 1.165) is 43.5 Å². The minimum atomic E-state index is -0.959. The maximum absolute atomic E-state index is 10.4. The highest BCUT2D eigenvalue weighted by molar-refractivity contribution is 7.98. The van der Waals surface area contributed by atoms with Crippen molar-refractivity contribution in [2.45, 2.75) is 95.4 Å². The Bertz CT molecular complexity index is 1020. The lowest BCUT2D eigenvalue weighted by atomic mass is 10.1. The summed E-state index contributed by atoms with van der Waals surface area (Å²) in [6.45, 7) is 5.36. The van der Waals surface area contributed by atoms with Gasteiger partial charge in [-0.15, -0.1) is 0 Å². The molecule has 16 N–H and O–H groups in total. The summed E-state index contributed by atoms with van der Waals surface area (Å²) < 4.78 is 0. The van der Waals surface area contributed by atoms with Crippen LogP contribution in [0, 0.1) is 5.92 Å². The first-order valence-corrected chi connectivity index (χ1v) is 16.9. The lowest BCUT2D eigenvalue weighted by Gasteiger charge is -2.07. The Kier molecular flexibility index (Phi) is 31.7. The molecular formula is C31H58N6O10S. The number of carboxylic acids is 5. The molecule has 0 aromatic heterocycles. The monoisotopic (exact) mass is 706 g/mol. The molecule has 5 atom stereocenters. The fourth-order valence-electron chi connectivity index (χ4n) is 3.46. The van der Waals surface area contributed by atoms with Crippen molar-refractivity contribution in [2.75, 3.05) is 25.1 Å². The largest absolute Gasteiger partial charge is 0.480 e. The van der Waals surface area contributed by atoms with Crippen molar-refractivity contribution >= 4 is 41.6 Å². The summed E-state index contributed by atoms with van der Waals surface area (Å²) in [5, 5.41) is 44.6. The first-order valence-electron chi connectivity index (χ1n) is 15.5. The molecule has 1 saturated heterocycles. The molecule has 0 unspecified atom stereocenters. The smallest absolute Gasteiger partial charge is 0.320 e. The quantitative estimate of drug-likeness (QED) is 0.105. The molecule has 0 bridgehead atoms. The highest BCUT2D eigenvalue weighted by Crippen LogP contribution is 2.04. The van der Waals surface area contributed by atoms with Gasteiger partial charge in [0.2, 0.25) is 0 Å².